The first-order chi connectivity index (χ1) is 22.5. The first-order valence-electron chi connectivity index (χ1n) is 14.0. The van der Waals surface area contributed by atoms with Gasteiger partial charge in [-0.1, -0.05) is 29.8 Å². The maximum Gasteiger partial charge on any atom is 0.412 e. The number of halogens is 1. The van der Waals surface area contributed by atoms with Gasteiger partial charge in [-0.15, -0.1) is 0 Å². The maximum atomic E-state index is 13.6. The summed E-state index contributed by atoms with van der Waals surface area (Å²) < 4.78 is 17.7. The van der Waals surface area contributed by atoms with Crippen LogP contribution in [0.15, 0.2) is 55.1 Å². The van der Waals surface area contributed by atoms with Crippen LogP contribution in [0, 0.1) is 20.2 Å². The van der Waals surface area contributed by atoms with Crippen molar-refractivity contribution in [2.45, 2.75) is 37.2 Å². The molecule has 4 aromatic rings. The fraction of sp³-hybridized carbons (Fsp3) is 0.321. The number of hydrogen-bond acceptors (Lipinski definition) is 14. The van der Waals surface area contributed by atoms with Crippen molar-refractivity contribution < 1.29 is 43.9 Å². The van der Waals surface area contributed by atoms with Crippen LogP contribution in [0.1, 0.15) is 17.5 Å². The number of benzene rings is 2. The first-order valence-corrected chi connectivity index (χ1v) is 14.3. The highest BCUT2D eigenvalue weighted by Gasteiger charge is 2.55. The van der Waals surface area contributed by atoms with Crippen molar-refractivity contribution in [1.82, 2.24) is 19.5 Å². The Morgan fingerprint density at radius 1 is 1.06 bits per heavy atom. The lowest BCUT2D eigenvalue weighted by Gasteiger charge is -2.28. The highest BCUT2D eigenvalue weighted by atomic mass is 35.5. The van der Waals surface area contributed by atoms with Gasteiger partial charge in [0.05, 0.1) is 46.4 Å². The van der Waals surface area contributed by atoms with Crippen LogP contribution in [0.2, 0.25) is 5.02 Å². The lowest BCUT2D eigenvalue weighted by molar-refractivity contribution is -0.385. The third kappa shape index (κ3) is 6.94. The summed E-state index contributed by atoms with van der Waals surface area (Å²) in [6.45, 7) is -1.05. The van der Waals surface area contributed by atoms with Crippen molar-refractivity contribution in [2.24, 2.45) is 0 Å². The van der Waals surface area contributed by atoms with Gasteiger partial charge >= 0.3 is 12.1 Å². The summed E-state index contributed by atoms with van der Waals surface area (Å²) in [5, 5.41) is 45.2. The summed E-state index contributed by atoms with van der Waals surface area (Å²) in [6.07, 6.45) is -1.36. The SMILES string of the molecule is O=C(Nc1ncnc2c1ncn2[C@@]1(C(=O)OCCc2c(Cl)cccc2[N+](=O)[O-])C[C@H](O)[C@@H](CO)O1)OCCc1ccc([N+](=O)[O-])cc1. The molecule has 246 valence electrons. The molecule has 2 aromatic heterocycles. The lowest BCUT2D eigenvalue weighted by atomic mass is 10.1. The standard InChI is InChI=1S/C28H26ClN7O11/c29-19-2-1-3-20(36(43)44)18(19)9-11-45-26(39)28(12-21(38)22(13-37)47-28)34-15-32-23-24(30-14-31-25(23)34)33-27(40)46-10-8-16-4-6-17(7-5-16)35(41)42/h1-7,14-15,21-22,37-38H,8-13H2,(H,30,31,33,40)/t21-,22+,28-/m0/s1. The minimum atomic E-state index is -2.08. The Morgan fingerprint density at radius 3 is 2.49 bits per heavy atom. The van der Waals surface area contributed by atoms with Crippen molar-refractivity contribution >= 4 is 52.0 Å². The fourth-order valence-electron chi connectivity index (χ4n) is 5.03. The molecule has 3 N–H and O–H groups in total. The molecule has 0 aliphatic carbocycles. The largest absolute Gasteiger partial charge is 0.462 e. The Labute approximate surface area is 269 Å². The number of anilines is 1. The predicted molar refractivity (Wildman–Crippen MR) is 160 cm³/mol. The topological polar surface area (TPSA) is 244 Å². The molecule has 0 spiro atoms. The van der Waals surface area contributed by atoms with Gasteiger partial charge in [0.1, 0.15) is 18.8 Å². The minimum Gasteiger partial charge on any atom is -0.462 e. The summed E-state index contributed by atoms with van der Waals surface area (Å²) in [5.41, 5.74) is -1.53. The van der Waals surface area contributed by atoms with E-state index in [2.05, 4.69) is 20.3 Å². The van der Waals surface area contributed by atoms with Crippen LogP contribution in [0.3, 0.4) is 0 Å². The summed E-state index contributed by atoms with van der Waals surface area (Å²) in [7, 11) is 0. The van der Waals surface area contributed by atoms with Gasteiger partial charge in [0.2, 0.25) is 5.72 Å². The third-order valence-corrected chi connectivity index (χ3v) is 7.70. The number of fused-ring (bicyclic) bond motifs is 1. The highest BCUT2D eigenvalue weighted by molar-refractivity contribution is 6.31. The number of carbonyl (C=O) groups excluding carboxylic acids is 2. The minimum absolute atomic E-state index is 0.00865. The quantitative estimate of drug-likeness (QED) is 0.111. The summed E-state index contributed by atoms with van der Waals surface area (Å²) in [4.78, 5) is 59.8. The molecule has 3 heterocycles. The molecule has 47 heavy (non-hydrogen) atoms. The number of esters is 1. The molecule has 2 aromatic carbocycles. The van der Waals surface area contributed by atoms with E-state index < -0.39 is 46.4 Å². The van der Waals surface area contributed by atoms with Gasteiger partial charge in [-0.05, 0) is 11.6 Å². The van der Waals surface area contributed by atoms with Crippen LogP contribution in [0.5, 0.6) is 0 Å². The van der Waals surface area contributed by atoms with Gasteiger partial charge in [0.25, 0.3) is 11.4 Å². The normalized spacial score (nSPS) is 19.0. The number of amides is 1. The molecule has 18 nitrogen and oxygen atoms in total. The average molecular weight is 672 g/mol. The molecule has 0 radical (unpaired) electrons. The van der Waals surface area contributed by atoms with E-state index in [0.717, 1.165) is 12.7 Å². The van der Waals surface area contributed by atoms with Crippen molar-refractivity contribution in [3.05, 3.63) is 91.5 Å². The van der Waals surface area contributed by atoms with E-state index in [-0.39, 0.29) is 71.4 Å². The Kier molecular flexibility index (Phi) is 9.85. The van der Waals surface area contributed by atoms with Crippen molar-refractivity contribution in [1.29, 1.82) is 0 Å². The van der Waals surface area contributed by atoms with Crippen LogP contribution in [0.25, 0.3) is 11.2 Å². The molecule has 1 fully saturated rings. The Bertz CT molecular complexity index is 1820. The number of imidazole rings is 1. The Morgan fingerprint density at radius 2 is 1.81 bits per heavy atom. The molecule has 3 atom stereocenters. The second kappa shape index (κ2) is 14.0. The number of hydrogen-bond donors (Lipinski definition) is 3. The number of nitro benzene ring substituents is 2. The van der Waals surface area contributed by atoms with Crippen LogP contribution < -0.4 is 5.32 Å². The van der Waals surface area contributed by atoms with Gasteiger partial charge in [-0.2, -0.15) is 0 Å². The van der Waals surface area contributed by atoms with Gasteiger partial charge < -0.3 is 24.4 Å². The van der Waals surface area contributed by atoms with E-state index in [4.69, 9.17) is 25.8 Å². The monoisotopic (exact) mass is 671 g/mol. The summed E-state index contributed by atoms with van der Waals surface area (Å²) >= 11 is 6.15. The van der Waals surface area contributed by atoms with Gasteiger partial charge in [-0.3, -0.25) is 30.1 Å². The van der Waals surface area contributed by atoms with Crippen molar-refractivity contribution in [2.75, 3.05) is 25.1 Å². The van der Waals surface area contributed by atoms with Crippen LogP contribution in [0.4, 0.5) is 22.0 Å². The van der Waals surface area contributed by atoms with Gasteiger partial charge in [-0.25, -0.2) is 24.5 Å². The molecule has 0 bridgehead atoms. The summed E-state index contributed by atoms with van der Waals surface area (Å²) in [5.74, 6) is -1.10. The van der Waals surface area contributed by atoms with Crippen molar-refractivity contribution in [3.63, 3.8) is 0 Å². The highest BCUT2D eigenvalue weighted by Crippen LogP contribution is 2.39. The number of nitro groups is 2. The number of non-ortho nitro benzene ring substituents is 1. The van der Waals surface area contributed by atoms with E-state index >= 15 is 0 Å². The van der Waals surface area contributed by atoms with Gasteiger partial charge in [0.15, 0.2) is 17.0 Å². The Hall–Kier alpha value is -5.30. The molecule has 1 aliphatic rings. The molecular weight excluding hydrogens is 646 g/mol. The lowest BCUT2D eigenvalue weighted by Crippen LogP contribution is -2.44. The molecule has 1 amide bonds. The average Bonchev–Trinajstić information content (AvgIpc) is 3.64. The number of aromatic nitrogens is 4. The molecule has 19 heteroatoms. The Balaban J connectivity index is 1.32. The third-order valence-electron chi connectivity index (χ3n) is 7.35. The van der Waals surface area contributed by atoms with Crippen molar-refractivity contribution in [3.8, 4) is 0 Å². The van der Waals surface area contributed by atoms with E-state index in [0.29, 0.717) is 5.56 Å². The van der Waals surface area contributed by atoms with Crippen LogP contribution >= 0.6 is 11.6 Å². The van der Waals surface area contributed by atoms with Crippen LogP contribution in [-0.4, -0.2) is 83.7 Å². The maximum absolute atomic E-state index is 13.6. The number of rotatable bonds is 12. The zero-order chi connectivity index (χ0) is 33.7. The molecule has 5 rings (SSSR count). The van der Waals surface area contributed by atoms with E-state index in [1.807, 2.05) is 0 Å². The number of carbonyl (C=O) groups is 2. The zero-order valence-electron chi connectivity index (χ0n) is 24.2. The van der Waals surface area contributed by atoms with Gasteiger partial charge in [0, 0.05) is 37.5 Å². The second-order valence-electron chi connectivity index (χ2n) is 10.2. The van der Waals surface area contributed by atoms with E-state index in [1.54, 1.807) is 12.1 Å². The van der Waals surface area contributed by atoms with E-state index in [1.165, 1.54) is 34.9 Å². The molecule has 1 saturated heterocycles. The fourth-order valence-corrected chi connectivity index (χ4v) is 5.29. The summed E-state index contributed by atoms with van der Waals surface area (Å²) in [6, 6.07) is 9.93. The molecule has 0 saturated carbocycles. The number of ether oxygens (including phenoxy) is 3. The molecule has 1 aliphatic heterocycles. The number of aliphatic hydroxyl groups is 2. The predicted octanol–water partition coefficient (Wildman–Crippen LogP) is 2.67. The number of aliphatic hydroxyl groups excluding tert-OH is 2. The van der Waals surface area contributed by atoms with Crippen LogP contribution in [-0.2, 0) is 37.6 Å². The van der Waals surface area contributed by atoms with E-state index in [9.17, 15) is 40.0 Å². The number of nitrogens with one attached hydrogen (secondary N) is 1. The molecular formula is C28H26ClN7O11. The molecule has 0 unspecified atom stereocenters. The first kappa shape index (κ1) is 33.1. The second-order valence-corrected chi connectivity index (χ2v) is 10.6. The smallest absolute Gasteiger partial charge is 0.412 e. The number of nitrogens with zero attached hydrogens (tertiary/aromatic N) is 6. The zero-order valence-corrected chi connectivity index (χ0v) is 25.0.